The van der Waals surface area contributed by atoms with Crippen LogP contribution in [0, 0.1) is 0 Å². The number of hydrogen-bond donors (Lipinski definition) is 1. The summed E-state index contributed by atoms with van der Waals surface area (Å²) in [5.74, 6) is -0.137. The molecule has 1 saturated heterocycles. The molecule has 35 heavy (non-hydrogen) atoms. The molecule has 1 unspecified atom stereocenters. The van der Waals surface area contributed by atoms with E-state index in [1.54, 1.807) is 24.3 Å². The Kier molecular flexibility index (Phi) is 12.4. The van der Waals surface area contributed by atoms with Gasteiger partial charge in [0.05, 0.1) is 17.9 Å². The van der Waals surface area contributed by atoms with Crippen LogP contribution < -0.4 is 5.32 Å². The SMILES string of the molecule is CCCCCCN(CCCC)C1CCN([S+]([O-])c2ccc(CNC(=O)c3ccc(Cl)cc3)s2)CC1. The molecule has 0 saturated carbocycles. The van der Waals surface area contributed by atoms with Gasteiger partial charge >= 0.3 is 0 Å². The molecule has 1 fully saturated rings. The molecule has 0 spiro atoms. The van der Waals surface area contributed by atoms with E-state index >= 15 is 0 Å². The molecule has 1 aliphatic heterocycles. The van der Waals surface area contributed by atoms with Crippen molar-refractivity contribution < 1.29 is 9.35 Å². The fraction of sp³-hybridized carbons (Fsp3) is 0.593. The minimum Gasteiger partial charge on any atom is -0.592 e. The van der Waals surface area contributed by atoms with Gasteiger partial charge in [-0.15, -0.1) is 4.31 Å². The molecule has 0 aliphatic carbocycles. The van der Waals surface area contributed by atoms with Crippen LogP contribution in [0.4, 0.5) is 0 Å². The molecule has 1 N–H and O–H groups in total. The number of amides is 1. The number of nitrogens with zero attached hydrogens (tertiary/aromatic N) is 2. The molecular formula is C27H40ClN3O2S2. The number of nitrogens with one attached hydrogen (secondary N) is 1. The Hall–Kier alpha value is -1.09. The third kappa shape index (κ3) is 9.06. The average molecular weight is 538 g/mol. The standard InChI is InChI=1S/C27H40ClN3O2S2/c1-3-5-7-8-18-30(17-6-4-2)24-15-19-31(20-16-24)35(33)26-14-13-25(34-26)21-29-27(32)22-9-11-23(28)12-10-22/h9-14,24H,3-8,15-21H2,1-2H3,(H,29,32). The lowest BCUT2D eigenvalue weighted by molar-refractivity contribution is 0.0951. The van der Waals surface area contributed by atoms with Crippen LogP contribution in [0.1, 0.15) is 80.4 Å². The van der Waals surface area contributed by atoms with Gasteiger partial charge in [-0.25, -0.2) is 0 Å². The van der Waals surface area contributed by atoms with E-state index in [9.17, 15) is 9.35 Å². The Morgan fingerprint density at radius 2 is 1.74 bits per heavy atom. The van der Waals surface area contributed by atoms with Gasteiger partial charge in [0, 0.05) is 40.7 Å². The average Bonchev–Trinajstić information content (AvgIpc) is 3.36. The van der Waals surface area contributed by atoms with E-state index in [0.717, 1.165) is 35.0 Å². The van der Waals surface area contributed by atoms with Crippen LogP contribution in [-0.4, -0.2) is 51.9 Å². The highest BCUT2D eigenvalue weighted by molar-refractivity contribution is 7.91. The maximum atomic E-state index is 13.2. The summed E-state index contributed by atoms with van der Waals surface area (Å²) in [6, 6.07) is 11.4. The van der Waals surface area contributed by atoms with E-state index in [-0.39, 0.29) is 5.91 Å². The molecule has 2 heterocycles. The van der Waals surface area contributed by atoms with E-state index in [0.29, 0.717) is 23.2 Å². The largest absolute Gasteiger partial charge is 0.592 e. The fourth-order valence-corrected chi connectivity index (χ4v) is 7.20. The van der Waals surface area contributed by atoms with Gasteiger partial charge < -0.3 is 14.8 Å². The van der Waals surface area contributed by atoms with Crippen molar-refractivity contribution in [2.24, 2.45) is 0 Å². The van der Waals surface area contributed by atoms with Crippen LogP contribution in [0.15, 0.2) is 40.6 Å². The highest BCUT2D eigenvalue weighted by atomic mass is 35.5. The predicted octanol–water partition coefficient (Wildman–Crippen LogP) is 6.50. The van der Waals surface area contributed by atoms with Crippen LogP contribution in [0.5, 0.6) is 0 Å². The smallest absolute Gasteiger partial charge is 0.251 e. The van der Waals surface area contributed by atoms with Gasteiger partial charge in [0.1, 0.15) is 0 Å². The summed E-state index contributed by atoms with van der Waals surface area (Å²) in [7, 11) is 0. The summed E-state index contributed by atoms with van der Waals surface area (Å²) in [5, 5.41) is 3.54. The second-order valence-corrected chi connectivity index (χ2v) is 12.6. The van der Waals surface area contributed by atoms with Crippen molar-refractivity contribution in [3.63, 3.8) is 0 Å². The first-order valence-electron chi connectivity index (χ1n) is 13.0. The van der Waals surface area contributed by atoms with Gasteiger partial charge in [-0.05, 0) is 69.1 Å². The molecule has 2 aromatic rings. The molecule has 5 nitrogen and oxygen atoms in total. The predicted molar refractivity (Wildman–Crippen MR) is 149 cm³/mol. The van der Waals surface area contributed by atoms with Crippen LogP contribution >= 0.6 is 22.9 Å². The molecule has 194 valence electrons. The number of carbonyl (C=O) groups excluding carboxylic acids is 1. The molecule has 1 aromatic carbocycles. The maximum absolute atomic E-state index is 13.2. The first kappa shape index (κ1) is 28.5. The third-order valence-electron chi connectivity index (χ3n) is 6.61. The summed E-state index contributed by atoms with van der Waals surface area (Å²) >= 11 is 6.28. The number of piperidine rings is 1. The summed E-state index contributed by atoms with van der Waals surface area (Å²) < 4.78 is 16.2. The van der Waals surface area contributed by atoms with Gasteiger partial charge in [-0.2, -0.15) is 0 Å². The molecule has 0 bridgehead atoms. The zero-order valence-electron chi connectivity index (χ0n) is 21.1. The molecule has 3 rings (SSSR count). The molecule has 1 amide bonds. The van der Waals surface area contributed by atoms with Gasteiger partial charge in [0.25, 0.3) is 5.91 Å². The Labute approximate surface area is 223 Å². The Morgan fingerprint density at radius 1 is 1.06 bits per heavy atom. The lowest BCUT2D eigenvalue weighted by Crippen LogP contribution is -2.47. The lowest BCUT2D eigenvalue weighted by Gasteiger charge is -2.38. The minimum absolute atomic E-state index is 0.137. The Bertz CT molecular complexity index is 885. The third-order valence-corrected chi connectivity index (χ3v) is 9.73. The summed E-state index contributed by atoms with van der Waals surface area (Å²) in [6.45, 7) is 9.08. The van der Waals surface area contributed by atoms with Gasteiger partial charge in [0.15, 0.2) is 0 Å². The molecular weight excluding hydrogens is 498 g/mol. The zero-order chi connectivity index (χ0) is 25.0. The van der Waals surface area contributed by atoms with Crippen LogP contribution in [0.3, 0.4) is 0 Å². The van der Waals surface area contributed by atoms with E-state index < -0.39 is 11.4 Å². The number of thiophene rings is 1. The van der Waals surface area contributed by atoms with Crippen molar-refractivity contribution in [1.82, 2.24) is 14.5 Å². The van der Waals surface area contributed by atoms with Gasteiger partial charge in [-0.1, -0.05) is 62.5 Å². The molecule has 1 aliphatic rings. The highest BCUT2D eigenvalue weighted by Crippen LogP contribution is 2.28. The minimum atomic E-state index is -1.14. The van der Waals surface area contributed by atoms with Crippen molar-refractivity contribution >= 4 is 40.2 Å². The van der Waals surface area contributed by atoms with Gasteiger partial charge in [0.2, 0.25) is 4.21 Å². The number of benzene rings is 1. The molecule has 1 atom stereocenters. The highest BCUT2D eigenvalue weighted by Gasteiger charge is 2.31. The van der Waals surface area contributed by atoms with Crippen molar-refractivity contribution in [3.8, 4) is 0 Å². The molecule has 1 aromatic heterocycles. The second kappa shape index (κ2) is 15.2. The van der Waals surface area contributed by atoms with Crippen molar-refractivity contribution in [1.29, 1.82) is 0 Å². The molecule has 8 heteroatoms. The normalized spacial score (nSPS) is 16.0. The second-order valence-electron chi connectivity index (χ2n) is 9.27. The summed E-state index contributed by atoms with van der Waals surface area (Å²) in [6.07, 6.45) is 9.86. The first-order chi connectivity index (χ1) is 17.0. The maximum Gasteiger partial charge on any atom is 0.251 e. The van der Waals surface area contributed by atoms with Crippen LogP contribution in [0.25, 0.3) is 0 Å². The van der Waals surface area contributed by atoms with Crippen LogP contribution in [-0.2, 0) is 17.9 Å². The van der Waals surface area contributed by atoms with E-state index in [1.165, 1.54) is 63.0 Å². The number of unbranched alkanes of at least 4 members (excludes halogenated alkanes) is 4. The van der Waals surface area contributed by atoms with Crippen molar-refractivity contribution in [2.45, 2.75) is 82.0 Å². The fourth-order valence-electron chi connectivity index (χ4n) is 4.50. The van der Waals surface area contributed by atoms with Crippen molar-refractivity contribution in [2.75, 3.05) is 26.2 Å². The number of rotatable bonds is 14. The first-order valence-corrected chi connectivity index (χ1v) is 15.3. The van der Waals surface area contributed by atoms with E-state index in [2.05, 4.69) is 28.4 Å². The zero-order valence-corrected chi connectivity index (χ0v) is 23.5. The topological polar surface area (TPSA) is 58.6 Å². The quantitative estimate of drug-likeness (QED) is 0.221. The van der Waals surface area contributed by atoms with Crippen LogP contribution in [0.2, 0.25) is 5.02 Å². The van der Waals surface area contributed by atoms with Gasteiger partial charge in [-0.3, -0.25) is 4.79 Å². The summed E-state index contributed by atoms with van der Waals surface area (Å²) in [4.78, 5) is 16.0. The Balaban J connectivity index is 1.46. The molecule has 0 radical (unpaired) electrons. The lowest BCUT2D eigenvalue weighted by atomic mass is 10.0. The van der Waals surface area contributed by atoms with E-state index in [1.807, 2.05) is 12.1 Å². The van der Waals surface area contributed by atoms with E-state index in [4.69, 9.17) is 11.6 Å². The summed E-state index contributed by atoms with van der Waals surface area (Å²) in [5.41, 5.74) is 0.580. The number of hydrogen-bond acceptors (Lipinski definition) is 5. The monoisotopic (exact) mass is 537 g/mol. The van der Waals surface area contributed by atoms with Crippen molar-refractivity contribution in [3.05, 3.63) is 51.9 Å². The number of carbonyl (C=O) groups is 1. The Morgan fingerprint density at radius 3 is 2.43 bits per heavy atom. The number of halogens is 1.